The van der Waals surface area contributed by atoms with Crippen molar-refractivity contribution >= 4 is 31.2 Å². The number of hydrogen-bond acceptors (Lipinski definition) is 5. The van der Waals surface area contributed by atoms with E-state index in [1.165, 1.54) is 7.11 Å². The van der Waals surface area contributed by atoms with E-state index in [1.54, 1.807) is 36.4 Å². The summed E-state index contributed by atoms with van der Waals surface area (Å²) in [6.45, 7) is 0.0185. The third-order valence-electron chi connectivity index (χ3n) is 4.26. The molecule has 0 N–H and O–H groups in total. The maximum Gasteiger partial charge on any atom is 0.523 e. The second-order valence-corrected chi connectivity index (χ2v) is 10.9. The molecule has 2 aromatic carbocycles. The quantitative estimate of drug-likeness (QED) is 0.503. The molecule has 0 atom stereocenters. The minimum atomic E-state index is -5.69. The second kappa shape index (κ2) is 7.50. The number of benzene rings is 2. The van der Waals surface area contributed by atoms with Crippen molar-refractivity contribution in [2.45, 2.75) is 23.2 Å². The van der Waals surface area contributed by atoms with Crippen molar-refractivity contribution in [3.63, 3.8) is 0 Å². The van der Waals surface area contributed by atoms with Crippen molar-refractivity contribution in [2.75, 3.05) is 25.4 Å². The fourth-order valence-electron chi connectivity index (χ4n) is 3.07. The zero-order valence-corrected chi connectivity index (χ0v) is 16.1. The Morgan fingerprint density at radius 3 is 2.44 bits per heavy atom. The third kappa shape index (κ3) is 4.03. The zero-order chi connectivity index (χ0) is 19.7. The van der Waals surface area contributed by atoms with Crippen molar-refractivity contribution in [2.24, 2.45) is 0 Å². The van der Waals surface area contributed by atoms with Crippen LogP contribution in [0.2, 0.25) is 0 Å². The van der Waals surface area contributed by atoms with Crippen LogP contribution in [0.4, 0.5) is 13.2 Å². The average molecular weight is 424 g/mol. The lowest BCUT2D eigenvalue weighted by molar-refractivity contribution is -0.0496. The highest BCUT2D eigenvalue weighted by molar-refractivity contribution is 8.33. The highest BCUT2D eigenvalue weighted by Crippen LogP contribution is 2.65. The fourth-order valence-corrected chi connectivity index (χ4v) is 8.48. The molecular formula is C17H19F3O5S2. The van der Waals surface area contributed by atoms with Crippen LogP contribution in [-0.4, -0.2) is 39.3 Å². The van der Waals surface area contributed by atoms with Gasteiger partial charge in [0.05, 0.1) is 0 Å². The van der Waals surface area contributed by atoms with Crippen LogP contribution >= 0.6 is 10.3 Å². The van der Waals surface area contributed by atoms with Gasteiger partial charge in [-0.2, -0.15) is 21.6 Å². The third-order valence-corrected chi connectivity index (χ3v) is 9.64. The van der Waals surface area contributed by atoms with E-state index in [0.717, 1.165) is 5.39 Å². The number of ether oxygens (including phenoxy) is 2. The van der Waals surface area contributed by atoms with E-state index in [2.05, 4.69) is 0 Å². The van der Waals surface area contributed by atoms with Gasteiger partial charge in [0.15, 0.2) is 6.79 Å². The number of methoxy groups -OCH3 is 1. The van der Waals surface area contributed by atoms with E-state index in [4.69, 9.17) is 13.1 Å². The van der Waals surface area contributed by atoms with Crippen LogP contribution < -0.4 is 4.74 Å². The van der Waals surface area contributed by atoms with Gasteiger partial charge in [0.25, 0.3) is 0 Å². The van der Waals surface area contributed by atoms with E-state index in [0.29, 0.717) is 28.9 Å². The fraction of sp³-hybridized carbons (Fsp3) is 0.412. The second-order valence-electron chi connectivity index (χ2n) is 6.09. The Balaban J connectivity index is 2.12. The first kappa shape index (κ1) is 20.2. The van der Waals surface area contributed by atoms with Gasteiger partial charge in [-0.15, -0.1) is 0 Å². The van der Waals surface area contributed by atoms with E-state index in [9.17, 15) is 21.6 Å². The summed E-state index contributed by atoms with van der Waals surface area (Å²) < 4.78 is 77.6. The monoisotopic (exact) mass is 424 g/mol. The van der Waals surface area contributed by atoms with Gasteiger partial charge >= 0.3 is 15.6 Å². The summed E-state index contributed by atoms with van der Waals surface area (Å²) in [5, 5.41) is 1.39. The van der Waals surface area contributed by atoms with Gasteiger partial charge in [0, 0.05) is 23.5 Å². The summed E-state index contributed by atoms with van der Waals surface area (Å²) in [5.41, 5.74) is -5.45. The summed E-state index contributed by atoms with van der Waals surface area (Å²) >= 11 is 0. The smallest absolute Gasteiger partial charge is 0.468 e. The molecule has 1 aliphatic heterocycles. The highest BCUT2D eigenvalue weighted by atomic mass is 32.3. The Morgan fingerprint density at radius 2 is 1.81 bits per heavy atom. The predicted molar refractivity (Wildman–Crippen MR) is 97.3 cm³/mol. The first-order valence-corrected chi connectivity index (χ1v) is 11.4. The van der Waals surface area contributed by atoms with Gasteiger partial charge in [-0.05, 0) is 41.8 Å². The minimum Gasteiger partial charge on any atom is -0.468 e. The Kier molecular flexibility index (Phi) is 5.62. The molecule has 2 aromatic rings. The molecule has 0 aliphatic carbocycles. The minimum absolute atomic E-state index is 0.0185. The molecule has 27 heavy (non-hydrogen) atoms. The van der Waals surface area contributed by atoms with E-state index in [1.807, 2.05) is 0 Å². The van der Waals surface area contributed by atoms with Crippen LogP contribution in [0.25, 0.3) is 10.8 Å². The highest BCUT2D eigenvalue weighted by Gasteiger charge is 2.52. The molecule has 1 aliphatic rings. The van der Waals surface area contributed by atoms with Gasteiger partial charge in [0.2, 0.25) is 0 Å². The van der Waals surface area contributed by atoms with Crippen molar-refractivity contribution in [3.8, 4) is 5.75 Å². The summed E-state index contributed by atoms with van der Waals surface area (Å²) in [4.78, 5) is 0.494. The molecule has 0 amide bonds. The van der Waals surface area contributed by atoms with Gasteiger partial charge in [0.1, 0.15) is 5.75 Å². The molecule has 10 heteroatoms. The SMILES string of the molecule is COCOc1ccc2cccc(S3(OS(=O)(=O)C(F)(F)F)CCCC3)c2c1. The van der Waals surface area contributed by atoms with Crippen LogP contribution in [0, 0.1) is 0 Å². The molecule has 150 valence electrons. The molecule has 5 nitrogen and oxygen atoms in total. The lowest BCUT2D eigenvalue weighted by Gasteiger charge is -2.35. The summed E-state index contributed by atoms with van der Waals surface area (Å²) in [6, 6.07) is 10.3. The summed E-state index contributed by atoms with van der Waals surface area (Å²) in [5.74, 6) is 1.01. The summed E-state index contributed by atoms with van der Waals surface area (Å²) in [6.07, 6.45) is 1.22. The molecule has 0 bridgehead atoms. The van der Waals surface area contributed by atoms with Crippen molar-refractivity contribution in [1.29, 1.82) is 0 Å². The Bertz CT molecular complexity index is 922. The molecule has 1 heterocycles. The Morgan fingerprint density at radius 1 is 1.11 bits per heavy atom. The van der Waals surface area contributed by atoms with Gasteiger partial charge in [-0.1, -0.05) is 28.5 Å². The lowest BCUT2D eigenvalue weighted by atomic mass is 10.1. The largest absolute Gasteiger partial charge is 0.523 e. The van der Waals surface area contributed by atoms with Crippen molar-refractivity contribution < 1.29 is 34.7 Å². The molecule has 0 radical (unpaired) electrons. The molecule has 0 aromatic heterocycles. The Hall–Kier alpha value is -1.49. The molecule has 1 saturated heterocycles. The number of hydrogen-bond donors (Lipinski definition) is 0. The number of fused-ring (bicyclic) bond motifs is 1. The molecule has 0 saturated carbocycles. The normalized spacial score (nSPS) is 18.5. The standard InChI is InChI=1S/C17H19F3O5S2/c1-23-12-24-14-8-7-13-5-4-6-16(15(13)11-14)26(9-2-3-10-26)25-27(21,22)17(18,19)20/h4-8,11H,2-3,9-10,12H2,1H3. The van der Waals surface area contributed by atoms with Gasteiger partial charge in [-0.25, -0.2) is 3.63 Å². The van der Waals surface area contributed by atoms with Crippen LogP contribution in [0.5, 0.6) is 5.75 Å². The summed E-state index contributed by atoms with van der Waals surface area (Å²) in [7, 11) is -6.86. The Labute approximate surface area is 157 Å². The number of rotatable bonds is 6. The first-order chi connectivity index (χ1) is 12.7. The van der Waals surface area contributed by atoms with E-state index < -0.39 is 25.9 Å². The van der Waals surface area contributed by atoms with Gasteiger partial charge in [-0.3, -0.25) is 0 Å². The molecule has 0 spiro atoms. The first-order valence-electron chi connectivity index (χ1n) is 8.14. The van der Waals surface area contributed by atoms with Crippen molar-refractivity contribution in [3.05, 3.63) is 36.4 Å². The van der Waals surface area contributed by atoms with Gasteiger partial charge < -0.3 is 9.47 Å². The molecule has 3 rings (SSSR count). The number of alkyl halides is 3. The average Bonchev–Trinajstić information content (AvgIpc) is 3.07. The maximum atomic E-state index is 13.0. The molecule has 1 fully saturated rings. The molecular weight excluding hydrogens is 405 g/mol. The van der Waals surface area contributed by atoms with E-state index >= 15 is 0 Å². The topological polar surface area (TPSA) is 61.8 Å². The lowest BCUT2D eigenvalue weighted by Crippen LogP contribution is -2.27. The van der Waals surface area contributed by atoms with Crippen LogP contribution in [0.3, 0.4) is 0 Å². The van der Waals surface area contributed by atoms with Crippen molar-refractivity contribution in [1.82, 2.24) is 0 Å². The maximum absolute atomic E-state index is 13.0. The van der Waals surface area contributed by atoms with E-state index in [-0.39, 0.29) is 18.3 Å². The van der Waals surface area contributed by atoms with Crippen LogP contribution in [-0.2, 0) is 18.5 Å². The number of halogens is 3. The zero-order valence-electron chi connectivity index (χ0n) is 14.5. The van der Waals surface area contributed by atoms with Crippen LogP contribution in [0.15, 0.2) is 41.3 Å². The predicted octanol–water partition coefficient (Wildman–Crippen LogP) is 4.56. The molecule has 0 unspecified atom stereocenters. The van der Waals surface area contributed by atoms with Crippen LogP contribution in [0.1, 0.15) is 12.8 Å².